The molecule has 0 fully saturated rings. The van der Waals surface area contributed by atoms with E-state index in [2.05, 4.69) is 22.4 Å². The Morgan fingerprint density at radius 2 is 1.84 bits per heavy atom. The van der Waals surface area contributed by atoms with E-state index in [9.17, 15) is 4.79 Å². The molecule has 2 aromatic rings. The van der Waals surface area contributed by atoms with Crippen molar-refractivity contribution in [3.05, 3.63) is 65.4 Å². The topological polar surface area (TPSA) is 59.9 Å². The van der Waals surface area contributed by atoms with E-state index in [0.29, 0.717) is 29.5 Å². The molecule has 0 aliphatic carbocycles. The lowest BCUT2D eigenvalue weighted by atomic mass is 10.1. The number of nitrogens with one attached hydrogen (secondary N) is 1. The quantitative estimate of drug-likeness (QED) is 0.824. The number of carbonyl (C=O) groups excluding carboxylic acids is 1. The Kier molecular flexibility index (Phi) is 5.14. The number of amides is 1. The Morgan fingerprint density at radius 3 is 2.56 bits per heavy atom. The van der Waals surface area contributed by atoms with Crippen LogP contribution in [-0.4, -0.2) is 26.0 Å². The van der Waals surface area contributed by atoms with Gasteiger partial charge in [-0.2, -0.15) is 0 Å². The van der Waals surface area contributed by atoms with E-state index in [4.69, 9.17) is 9.47 Å². The van der Waals surface area contributed by atoms with Crippen molar-refractivity contribution in [3.8, 4) is 11.5 Å². The Morgan fingerprint density at radius 1 is 1.04 bits per heavy atom. The molecule has 0 radical (unpaired) electrons. The number of carbonyl (C=O) groups is 1. The van der Waals surface area contributed by atoms with Crippen LogP contribution in [0.3, 0.4) is 0 Å². The number of amidine groups is 1. The van der Waals surface area contributed by atoms with Crippen molar-refractivity contribution in [1.29, 1.82) is 0 Å². The van der Waals surface area contributed by atoms with Crippen molar-refractivity contribution < 1.29 is 14.3 Å². The predicted molar refractivity (Wildman–Crippen MR) is 97.9 cm³/mol. The van der Waals surface area contributed by atoms with Crippen LogP contribution in [0.25, 0.3) is 6.08 Å². The minimum atomic E-state index is -0.194. The molecule has 128 valence electrons. The van der Waals surface area contributed by atoms with Gasteiger partial charge in [-0.15, -0.1) is 0 Å². The molecule has 0 unspecified atom stereocenters. The van der Waals surface area contributed by atoms with E-state index in [1.54, 1.807) is 26.4 Å². The molecular weight excluding hydrogens is 316 g/mol. The lowest BCUT2D eigenvalue weighted by molar-refractivity contribution is -0.115. The van der Waals surface area contributed by atoms with Crippen molar-refractivity contribution in [2.75, 3.05) is 14.2 Å². The summed E-state index contributed by atoms with van der Waals surface area (Å²) in [5, 5.41) is 2.83. The second kappa shape index (κ2) is 7.66. The van der Waals surface area contributed by atoms with Crippen LogP contribution in [0.5, 0.6) is 11.5 Å². The molecule has 1 aliphatic heterocycles. The molecule has 1 N–H and O–H groups in total. The molecule has 1 heterocycles. The molecule has 5 heteroatoms. The number of hydrogen-bond donors (Lipinski definition) is 1. The first kappa shape index (κ1) is 16.8. The van der Waals surface area contributed by atoms with Gasteiger partial charge in [-0.25, -0.2) is 4.99 Å². The molecule has 0 bridgehead atoms. The number of nitrogens with zero attached hydrogens (tertiary/aromatic N) is 1. The lowest BCUT2D eigenvalue weighted by Crippen LogP contribution is -2.24. The van der Waals surface area contributed by atoms with Crippen molar-refractivity contribution in [3.63, 3.8) is 0 Å². The van der Waals surface area contributed by atoms with Gasteiger partial charge in [0, 0.05) is 18.1 Å². The number of benzene rings is 2. The average molecular weight is 336 g/mol. The highest BCUT2D eigenvalue weighted by Gasteiger charge is 2.20. The summed E-state index contributed by atoms with van der Waals surface area (Å²) in [4.78, 5) is 16.6. The maximum absolute atomic E-state index is 12.2. The Labute approximate surface area is 147 Å². The van der Waals surface area contributed by atoms with E-state index in [0.717, 1.165) is 12.0 Å². The fourth-order valence-corrected chi connectivity index (χ4v) is 2.63. The normalized spacial score (nSPS) is 15.0. The van der Waals surface area contributed by atoms with Crippen LogP contribution in [-0.2, 0) is 11.2 Å². The predicted octanol–water partition coefficient (Wildman–Crippen LogP) is 3.21. The molecule has 1 aliphatic rings. The van der Waals surface area contributed by atoms with Crippen molar-refractivity contribution in [2.45, 2.75) is 12.8 Å². The summed E-state index contributed by atoms with van der Waals surface area (Å²) in [6.07, 6.45) is 3.25. The summed E-state index contributed by atoms with van der Waals surface area (Å²) < 4.78 is 10.5. The molecule has 1 amide bonds. The molecule has 3 rings (SSSR count). The molecule has 0 saturated heterocycles. The van der Waals surface area contributed by atoms with Gasteiger partial charge < -0.3 is 14.8 Å². The molecule has 0 aromatic heterocycles. The highest BCUT2D eigenvalue weighted by molar-refractivity contribution is 6.14. The minimum absolute atomic E-state index is 0.194. The highest BCUT2D eigenvalue weighted by atomic mass is 16.5. The van der Waals surface area contributed by atoms with Crippen LogP contribution in [0.4, 0.5) is 0 Å². The van der Waals surface area contributed by atoms with Gasteiger partial charge in [-0.05, 0) is 30.2 Å². The number of aliphatic imine (C=N–C) groups is 1. The molecule has 5 nitrogen and oxygen atoms in total. The monoisotopic (exact) mass is 336 g/mol. The van der Waals surface area contributed by atoms with Gasteiger partial charge in [0.15, 0.2) is 0 Å². The lowest BCUT2D eigenvalue weighted by Gasteiger charge is -2.07. The zero-order valence-corrected chi connectivity index (χ0v) is 14.3. The van der Waals surface area contributed by atoms with E-state index in [1.807, 2.05) is 30.3 Å². The first-order valence-electron chi connectivity index (χ1n) is 8.06. The molecule has 0 atom stereocenters. The summed E-state index contributed by atoms with van der Waals surface area (Å²) in [7, 11) is 3.18. The second-order valence-electron chi connectivity index (χ2n) is 5.64. The van der Waals surface area contributed by atoms with Crippen LogP contribution >= 0.6 is 0 Å². The first-order chi connectivity index (χ1) is 12.2. The zero-order valence-electron chi connectivity index (χ0n) is 14.3. The minimum Gasteiger partial charge on any atom is -0.497 e. The van der Waals surface area contributed by atoms with Crippen LogP contribution < -0.4 is 14.8 Å². The van der Waals surface area contributed by atoms with Crippen LogP contribution in [0, 0.1) is 0 Å². The Bertz CT molecular complexity index is 826. The smallest absolute Gasteiger partial charge is 0.275 e. The van der Waals surface area contributed by atoms with Gasteiger partial charge in [0.1, 0.15) is 23.0 Å². The standard InChI is InChI=1S/C20H20N2O3/c1-24-16-10-9-15(18(13-16)25-2)12-17-20(23)22-19(21-17)11-8-14-6-4-3-5-7-14/h3-7,9-10,12-13H,8,11H2,1-2H3,(H,21,22,23)/b17-12+. The third-order valence-electron chi connectivity index (χ3n) is 3.97. The van der Waals surface area contributed by atoms with Gasteiger partial charge in [0.05, 0.1) is 14.2 Å². The molecular formula is C20H20N2O3. The number of ether oxygens (including phenoxy) is 2. The number of hydrogen-bond acceptors (Lipinski definition) is 4. The van der Waals surface area contributed by atoms with Gasteiger partial charge in [-0.3, -0.25) is 4.79 Å². The fraction of sp³-hybridized carbons (Fsp3) is 0.200. The van der Waals surface area contributed by atoms with Crippen molar-refractivity contribution in [2.24, 2.45) is 4.99 Å². The molecule has 2 aromatic carbocycles. The van der Waals surface area contributed by atoms with E-state index < -0.39 is 0 Å². The highest BCUT2D eigenvalue weighted by Crippen LogP contribution is 2.27. The summed E-state index contributed by atoms with van der Waals surface area (Å²) in [5.41, 5.74) is 2.38. The summed E-state index contributed by atoms with van der Waals surface area (Å²) >= 11 is 0. The Hall–Kier alpha value is -3.08. The summed E-state index contributed by atoms with van der Waals surface area (Å²) in [5.74, 6) is 1.82. The van der Waals surface area contributed by atoms with Crippen molar-refractivity contribution >= 4 is 17.8 Å². The number of rotatable bonds is 6. The molecule has 0 spiro atoms. The Balaban J connectivity index is 1.76. The van der Waals surface area contributed by atoms with Gasteiger partial charge in [0.25, 0.3) is 5.91 Å². The van der Waals surface area contributed by atoms with E-state index >= 15 is 0 Å². The van der Waals surface area contributed by atoms with E-state index in [1.165, 1.54) is 5.56 Å². The third kappa shape index (κ3) is 4.07. The maximum Gasteiger partial charge on any atom is 0.275 e. The molecule has 0 saturated carbocycles. The third-order valence-corrected chi connectivity index (χ3v) is 3.97. The first-order valence-corrected chi connectivity index (χ1v) is 8.06. The van der Waals surface area contributed by atoms with Crippen LogP contribution in [0.15, 0.2) is 59.2 Å². The average Bonchev–Trinajstić information content (AvgIpc) is 3.00. The summed E-state index contributed by atoms with van der Waals surface area (Å²) in [6.45, 7) is 0. The van der Waals surface area contributed by atoms with Gasteiger partial charge in [0.2, 0.25) is 0 Å². The number of aryl methyl sites for hydroxylation is 1. The second-order valence-corrected chi connectivity index (χ2v) is 5.64. The molecule has 25 heavy (non-hydrogen) atoms. The fourth-order valence-electron chi connectivity index (χ4n) is 2.63. The van der Waals surface area contributed by atoms with Gasteiger partial charge in [-0.1, -0.05) is 30.3 Å². The van der Waals surface area contributed by atoms with Crippen molar-refractivity contribution in [1.82, 2.24) is 5.32 Å². The van der Waals surface area contributed by atoms with Crippen LogP contribution in [0.2, 0.25) is 0 Å². The van der Waals surface area contributed by atoms with E-state index in [-0.39, 0.29) is 5.91 Å². The summed E-state index contributed by atoms with van der Waals surface area (Å²) in [6, 6.07) is 15.6. The van der Waals surface area contributed by atoms with Gasteiger partial charge >= 0.3 is 0 Å². The van der Waals surface area contributed by atoms with Crippen LogP contribution in [0.1, 0.15) is 17.5 Å². The number of methoxy groups -OCH3 is 2. The largest absolute Gasteiger partial charge is 0.497 e. The zero-order chi connectivity index (χ0) is 17.6. The SMILES string of the molecule is COc1ccc(/C=C2/N=C(CCc3ccccc3)NC2=O)c(OC)c1. The maximum atomic E-state index is 12.2.